The van der Waals surface area contributed by atoms with Crippen LogP contribution in [0.15, 0.2) is 12.1 Å². The Hall–Kier alpha value is -1.11. The van der Waals surface area contributed by atoms with Gasteiger partial charge in [-0.1, -0.05) is 22.6 Å². The summed E-state index contributed by atoms with van der Waals surface area (Å²) in [5.74, 6) is -2.20. The number of rotatable bonds is 3. The largest absolute Gasteiger partial charge is 0.478 e. The average molecular weight is 320 g/mol. The molecule has 1 aromatic carbocycles. The van der Waals surface area contributed by atoms with E-state index in [2.05, 4.69) is 22.6 Å². The van der Waals surface area contributed by atoms with Crippen molar-refractivity contribution in [3.8, 4) is 0 Å². The van der Waals surface area contributed by atoms with Gasteiger partial charge in [0.1, 0.15) is 0 Å². The Balaban J connectivity index is 3.45. The van der Waals surface area contributed by atoms with Crippen molar-refractivity contribution in [2.75, 3.05) is 0 Å². The topological polar surface area (TPSA) is 74.6 Å². The van der Waals surface area contributed by atoms with Gasteiger partial charge >= 0.3 is 11.9 Å². The van der Waals surface area contributed by atoms with Crippen LogP contribution in [0.25, 0.3) is 0 Å². The van der Waals surface area contributed by atoms with Gasteiger partial charge < -0.3 is 10.2 Å². The average Bonchev–Trinajstić information content (AvgIpc) is 2.16. The molecule has 0 amide bonds. The third kappa shape index (κ3) is 2.47. The summed E-state index contributed by atoms with van der Waals surface area (Å²) >= 11 is 2.06. The first-order chi connectivity index (χ1) is 6.97. The third-order valence-electron chi connectivity index (χ3n) is 2.08. The molecule has 0 atom stereocenters. The quantitative estimate of drug-likeness (QED) is 0.662. The lowest BCUT2D eigenvalue weighted by molar-refractivity contribution is 0.0695. The van der Waals surface area contributed by atoms with Crippen molar-refractivity contribution >= 4 is 34.5 Å². The minimum atomic E-state index is -1.11. The van der Waals surface area contributed by atoms with Crippen molar-refractivity contribution in [1.29, 1.82) is 0 Å². The van der Waals surface area contributed by atoms with Gasteiger partial charge in [-0.3, -0.25) is 0 Å². The van der Waals surface area contributed by atoms with Gasteiger partial charge in [-0.25, -0.2) is 9.59 Å². The molecule has 0 heterocycles. The molecule has 4 nitrogen and oxygen atoms in total. The van der Waals surface area contributed by atoms with Crippen molar-refractivity contribution in [1.82, 2.24) is 0 Å². The zero-order valence-electron chi connectivity index (χ0n) is 7.95. The second kappa shape index (κ2) is 4.61. The van der Waals surface area contributed by atoms with Crippen LogP contribution in [0.5, 0.6) is 0 Å². The molecule has 0 aliphatic rings. The molecule has 0 bridgehead atoms. The molecule has 0 saturated heterocycles. The molecule has 0 fully saturated rings. The van der Waals surface area contributed by atoms with Gasteiger partial charge in [0.25, 0.3) is 0 Å². The molecular weight excluding hydrogens is 311 g/mol. The molecule has 15 heavy (non-hydrogen) atoms. The van der Waals surface area contributed by atoms with Gasteiger partial charge in [-0.05, 0) is 30.2 Å². The molecule has 0 aliphatic heterocycles. The lowest BCUT2D eigenvalue weighted by atomic mass is 10.00. The highest BCUT2D eigenvalue weighted by Crippen LogP contribution is 2.20. The van der Waals surface area contributed by atoms with E-state index in [0.717, 1.165) is 0 Å². The highest BCUT2D eigenvalue weighted by atomic mass is 127. The number of aromatic carboxylic acids is 2. The van der Waals surface area contributed by atoms with Crippen LogP contribution in [-0.4, -0.2) is 22.2 Å². The minimum absolute atomic E-state index is 0.0125. The molecule has 0 aromatic heterocycles. The van der Waals surface area contributed by atoms with E-state index in [1.54, 1.807) is 6.92 Å². The summed E-state index contributed by atoms with van der Waals surface area (Å²) in [5, 5.41) is 17.7. The molecule has 0 unspecified atom stereocenters. The van der Waals surface area contributed by atoms with Crippen LogP contribution >= 0.6 is 22.6 Å². The van der Waals surface area contributed by atoms with E-state index in [1.807, 2.05) is 0 Å². The predicted octanol–water partition coefficient (Wildman–Crippen LogP) is 2.33. The molecule has 80 valence electrons. The highest BCUT2D eigenvalue weighted by molar-refractivity contribution is 14.1. The van der Waals surface area contributed by atoms with Gasteiger partial charge in [0.2, 0.25) is 0 Å². The van der Waals surface area contributed by atoms with Crippen LogP contribution in [0.1, 0.15) is 31.8 Å². The van der Waals surface area contributed by atoms with Gasteiger partial charge in [0.15, 0.2) is 0 Å². The summed E-state index contributed by atoms with van der Waals surface area (Å²) in [7, 11) is 0. The van der Waals surface area contributed by atoms with Crippen molar-refractivity contribution in [3.05, 3.63) is 34.4 Å². The van der Waals surface area contributed by atoms with Gasteiger partial charge in [-0.15, -0.1) is 0 Å². The summed E-state index contributed by atoms with van der Waals surface area (Å²) in [6.07, 6.45) is 0. The molecule has 0 aliphatic carbocycles. The zero-order valence-corrected chi connectivity index (χ0v) is 10.1. The maximum atomic E-state index is 10.9. The first-order valence-electron chi connectivity index (χ1n) is 4.13. The Morgan fingerprint density at radius 2 is 1.87 bits per heavy atom. The maximum Gasteiger partial charge on any atom is 0.336 e. The van der Waals surface area contributed by atoms with Gasteiger partial charge in [-0.2, -0.15) is 0 Å². The maximum absolute atomic E-state index is 10.9. The minimum Gasteiger partial charge on any atom is -0.478 e. The van der Waals surface area contributed by atoms with Crippen molar-refractivity contribution in [2.45, 2.75) is 11.4 Å². The SMILES string of the molecule is Cc1cc(C(=O)O)cc(C(=O)O)c1CI. The number of carboxylic acids is 2. The number of carboxylic acid groups (broad SMARTS) is 2. The van der Waals surface area contributed by atoms with E-state index in [0.29, 0.717) is 15.6 Å². The fourth-order valence-corrected chi connectivity index (χ4v) is 2.32. The van der Waals surface area contributed by atoms with E-state index >= 15 is 0 Å². The molecule has 0 saturated carbocycles. The van der Waals surface area contributed by atoms with Crippen LogP contribution < -0.4 is 0 Å². The van der Waals surface area contributed by atoms with Crippen molar-refractivity contribution in [3.63, 3.8) is 0 Å². The van der Waals surface area contributed by atoms with E-state index in [4.69, 9.17) is 10.2 Å². The number of halogens is 1. The van der Waals surface area contributed by atoms with E-state index in [-0.39, 0.29) is 11.1 Å². The molecule has 0 radical (unpaired) electrons. The Morgan fingerprint density at radius 3 is 2.27 bits per heavy atom. The van der Waals surface area contributed by atoms with Gasteiger partial charge in [0, 0.05) is 4.43 Å². The fraction of sp³-hybridized carbons (Fsp3) is 0.200. The van der Waals surface area contributed by atoms with E-state index < -0.39 is 11.9 Å². The second-order valence-electron chi connectivity index (χ2n) is 3.06. The molecule has 0 spiro atoms. The molecule has 5 heteroatoms. The lowest BCUT2D eigenvalue weighted by Crippen LogP contribution is -2.07. The predicted molar refractivity (Wildman–Crippen MR) is 62.8 cm³/mol. The summed E-state index contributed by atoms with van der Waals surface area (Å²) in [4.78, 5) is 21.6. The molecule has 1 rings (SSSR count). The Labute approximate surface area is 100 Å². The van der Waals surface area contributed by atoms with Crippen LogP contribution in [0.4, 0.5) is 0 Å². The lowest BCUT2D eigenvalue weighted by Gasteiger charge is -2.08. The summed E-state index contributed by atoms with van der Waals surface area (Å²) in [5.41, 5.74) is 1.45. The molecule has 1 aromatic rings. The second-order valence-corrected chi connectivity index (χ2v) is 3.83. The summed E-state index contributed by atoms with van der Waals surface area (Å²) < 4.78 is 0.547. The monoisotopic (exact) mass is 320 g/mol. The van der Waals surface area contributed by atoms with E-state index in [9.17, 15) is 9.59 Å². The number of hydrogen-bond acceptors (Lipinski definition) is 2. The summed E-state index contributed by atoms with van der Waals surface area (Å²) in [6.45, 7) is 1.72. The highest BCUT2D eigenvalue weighted by Gasteiger charge is 2.15. The third-order valence-corrected chi connectivity index (χ3v) is 2.85. The number of benzene rings is 1. The summed E-state index contributed by atoms with van der Waals surface area (Å²) in [6, 6.07) is 2.69. The van der Waals surface area contributed by atoms with Crippen molar-refractivity contribution in [2.24, 2.45) is 0 Å². The van der Waals surface area contributed by atoms with Crippen LogP contribution in [0.3, 0.4) is 0 Å². The first kappa shape index (κ1) is 12.0. The number of aryl methyl sites for hydroxylation is 1. The smallest absolute Gasteiger partial charge is 0.336 e. The zero-order chi connectivity index (χ0) is 11.6. The first-order valence-corrected chi connectivity index (χ1v) is 5.66. The molecule has 2 N–H and O–H groups in total. The standard InChI is InChI=1S/C10H9IO4/c1-5-2-6(9(12)13)3-7(10(14)15)8(5)4-11/h2-3H,4H2,1H3,(H,12,13)(H,14,15). The Morgan fingerprint density at radius 1 is 1.27 bits per heavy atom. The van der Waals surface area contributed by atoms with Crippen molar-refractivity contribution < 1.29 is 19.8 Å². The normalized spacial score (nSPS) is 10.0. The number of carbonyl (C=O) groups is 2. The Bertz CT molecular complexity index is 426. The van der Waals surface area contributed by atoms with Gasteiger partial charge in [0.05, 0.1) is 11.1 Å². The number of hydrogen-bond donors (Lipinski definition) is 2. The van der Waals surface area contributed by atoms with Crippen LogP contribution in [0.2, 0.25) is 0 Å². The Kier molecular flexibility index (Phi) is 3.67. The molecular formula is C10H9IO4. The van der Waals surface area contributed by atoms with Crippen LogP contribution in [0, 0.1) is 6.92 Å². The van der Waals surface area contributed by atoms with Crippen LogP contribution in [-0.2, 0) is 4.43 Å². The van der Waals surface area contributed by atoms with E-state index in [1.165, 1.54) is 12.1 Å². The fourth-order valence-electron chi connectivity index (χ4n) is 1.31. The number of alkyl halides is 1.